The van der Waals surface area contributed by atoms with Crippen molar-refractivity contribution in [2.75, 3.05) is 5.73 Å². The predicted molar refractivity (Wildman–Crippen MR) is 51.3 cm³/mol. The van der Waals surface area contributed by atoms with E-state index in [1.165, 1.54) is 12.1 Å². The van der Waals surface area contributed by atoms with Gasteiger partial charge in [0.2, 0.25) is 0 Å². The Morgan fingerprint density at radius 1 is 1.20 bits per heavy atom. The summed E-state index contributed by atoms with van der Waals surface area (Å²) < 4.78 is 36.7. The molecular weight excluding hydrogens is 207 g/mol. The maximum atomic E-state index is 12.2. The highest BCUT2D eigenvalue weighted by molar-refractivity contribution is 5.54. The summed E-state index contributed by atoms with van der Waals surface area (Å²) in [6.45, 7) is 3.21. The molecule has 0 aliphatic carbocycles. The molecule has 0 saturated heterocycles. The minimum atomic E-state index is -4.64. The van der Waals surface area contributed by atoms with Crippen LogP contribution in [0.1, 0.15) is 22.8 Å². The quantitative estimate of drug-likeness (QED) is 0.713. The maximum Gasteiger partial charge on any atom is 0.418 e. The molecule has 0 spiro atoms. The number of aliphatic hydroxyl groups excluding tert-OH is 1. The summed E-state index contributed by atoms with van der Waals surface area (Å²) in [5.41, 5.74) is 6.95. The molecule has 15 heavy (non-hydrogen) atoms. The standard InChI is InChI=1S/C10H12F3NO/c1-5-3-7(4-6(2)8(5)14)9(15)10(11,12)13/h3-4,9,15H,14H2,1-2H3. The number of nitrogen functional groups attached to an aromatic ring is 1. The van der Waals surface area contributed by atoms with Crippen molar-refractivity contribution in [2.24, 2.45) is 0 Å². The van der Waals surface area contributed by atoms with Crippen molar-refractivity contribution < 1.29 is 18.3 Å². The highest BCUT2D eigenvalue weighted by Gasteiger charge is 2.39. The van der Waals surface area contributed by atoms with Crippen LogP contribution in [-0.2, 0) is 0 Å². The van der Waals surface area contributed by atoms with Crippen molar-refractivity contribution in [2.45, 2.75) is 26.1 Å². The largest absolute Gasteiger partial charge is 0.418 e. The van der Waals surface area contributed by atoms with Crippen LogP contribution in [0.5, 0.6) is 0 Å². The van der Waals surface area contributed by atoms with Gasteiger partial charge in [0.15, 0.2) is 6.10 Å². The third-order valence-electron chi connectivity index (χ3n) is 2.24. The van der Waals surface area contributed by atoms with E-state index >= 15 is 0 Å². The molecule has 1 aromatic carbocycles. The van der Waals surface area contributed by atoms with E-state index in [1.807, 2.05) is 0 Å². The Labute approximate surface area is 85.5 Å². The van der Waals surface area contributed by atoms with Gasteiger partial charge < -0.3 is 10.8 Å². The lowest BCUT2D eigenvalue weighted by molar-refractivity contribution is -0.206. The van der Waals surface area contributed by atoms with Crippen LogP contribution in [0.3, 0.4) is 0 Å². The molecule has 0 saturated carbocycles. The molecule has 3 N–H and O–H groups in total. The van der Waals surface area contributed by atoms with Crippen molar-refractivity contribution >= 4 is 5.69 Å². The molecule has 0 radical (unpaired) electrons. The van der Waals surface area contributed by atoms with Gasteiger partial charge in [-0.1, -0.05) is 12.1 Å². The first-order valence-corrected chi connectivity index (χ1v) is 4.35. The van der Waals surface area contributed by atoms with Gasteiger partial charge in [0.25, 0.3) is 0 Å². The van der Waals surface area contributed by atoms with Crippen LogP contribution in [0.15, 0.2) is 12.1 Å². The number of benzene rings is 1. The first-order chi connectivity index (χ1) is 6.73. The van der Waals surface area contributed by atoms with E-state index in [-0.39, 0.29) is 5.56 Å². The third kappa shape index (κ3) is 2.41. The Kier molecular flexibility index (Phi) is 2.95. The number of anilines is 1. The summed E-state index contributed by atoms with van der Waals surface area (Å²) in [5, 5.41) is 9.03. The number of nitrogens with two attached hydrogens (primary N) is 1. The van der Waals surface area contributed by atoms with Gasteiger partial charge in [0, 0.05) is 5.69 Å². The molecule has 1 aromatic rings. The van der Waals surface area contributed by atoms with Gasteiger partial charge in [-0.05, 0) is 30.5 Å². The van der Waals surface area contributed by atoms with Crippen LogP contribution in [0, 0.1) is 13.8 Å². The summed E-state index contributed by atoms with van der Waals surface area (Å²) in [7, 11) is 0. The summed E-state index contributed by atoms with van der Waals surface area (Å²) in [4.78, 5) is 0. The fraction of sp³-hybridized carbons (Fsp3) is 0.400. The Morgan fingerprint density at radius 2 is 1.60 bits per heavy atom. The lowest BCUT2D eigenvalue weighted by Gasteiger charge is -2.17. The molecule has 0 fully saturated rings. The van der Waals surface area contributed by atoms with Crippen LogP contribution < -0.4 is 5.73 Å². The number of rotatable bonds is 1. The molecule has 1 unspecified atom stereocenters. The van der Waals surface area contributed by atoms with Gasteiger partial charge in [0.1, 0.15) is 0 Å². The van der Waals surface area contributed by atoms with Crippen molar-refractivity contribution in [3.63, 3.8) is 0 Å². The monoisotopic (exact) mass is 219 g/mol. The molecule has 84 valence electrons. The molecule has 0 aliphatic heterocycles. The lowest BCUT2D eigenvalue weighted by atomic mass is 10.0. The molecule has 5 heteroatoms. The summed E-state index contributed by atoms with van der Waals surface area (Å²) in [6.07, 6.45) is -7.09. The number of hydrogen-bond donors (Lipinski definition) is 2. The van der Waals surface area contributed by atoms with Gasteiger partial charge >= 0.3 is 6.18 Å². The van der Waals surface area contributed by atoms with E-state index in [0.29, 0.717) is 16.8 Å². The Hall–Kier alpha value is -1.23. The number of halogens is 3. The fourth-order valence-electron chi connectivity index (χ4n) is 1.36. The van der Waals surface area contributed by atoms with E-state index < -0.39 is 12.3 Å². The molecule has 1 rings (SSSR count). The Bertz CT molecular complexity index is 350. The van der Waals surface area contributed by atoms with Crippen molar-refractivity contribution in [3.05, 3.63) is 28.8 Å². The minimum Gasteiger partial charge on any atom is -0.398 e. The van der Waals surface area contributed by atoms with E-state index in [2.05, 4.69) is 0 Å². The predicted octanol–water partition coefficient (Wildman–Crippen LogP) is 2.48. The summed E-state index contributed by atoms with van der Waals surface area (Å²) >= 11 is 0. The summed E-state index contributed by atoms with van der Waals surface area (Å²) in [5.74, 6) is 0. The fourth-order valence-corrected chi connectivity index (χ4v) is 1.36. The first-order valence-electron chi connectivity index (χ1n) is 4.35. The van der Waals surface area contributed by atoms with Crippen LogP contribution in [0.4, 0.5) is 18.9 Å². The van der Waals surface area contributed by atoms with E-state index in [1.54, 1.807) is 13.8 Å². The average molecular weight is 219 g/mol. The molecule has 0 heterocycles. The first kappa shape index (κ1) is 11.8. The van der Waals surface area contributed by atoms with Gasteiger partial charge in [0.05, 0.1) is 0 Å². The second-order valence-electron chi connectivity index (χ2n) is 3.51. The highest BCUT2D eigenvalue weighted by atomic mass is 19.4. The summed E-state index contributed by atoms with van der Waals surface area (Å²) in [6, 6.07) is 2.50. The normalized spacial score (nSPS) is 14.0. The SMILES string of the molecule is Cc1cc(C(O)C(F)(F)F)cc(C)c1N. The number of hydrogen-bond acceptors (Lipinski definition) is 2. The minimum absolute atomic E-state index is 0.174. The van der Waals surface area contributed by atoms with E-state index in [0.717, 1.165) is 0 Å². The van der Waals surface area contributed by atoms with Crippen LogP contribution in [-0.4, -0.2) is 11.3 Å². The van der Waals surface area contributed by atoms with Crippen molar-refractivity contribution in [1.29, 1.82) is 0 Å². The Morgan fingerprint density at radius 3 is 1.93 bits per heavy atom. The topological polar surface area (TPSA) is 46.2 Å². The smallest absolute Gasteiger partial charge is 0.398 e. The molecular formula is C10H12F3NO. The number of aryl methyl sites for hydroxylation is 2. The van der Waals surface area contributed by atoms with Crippen molar-refractivity contribution in [3.8, 4) is 0 Å². The van der Waals surface area contributed by atoms with Crippen LogP contribution in [0.25, 0.3) is 0 Å². The molecule has 0 amide bonds. The number of aliphatic hydroxyl groups is 1. The lowest BCUT2D eigenvalue weighted by Crippen LogP contribution is -2.20. The molecule has 0 aliphatic rings. The third-order valence-corrected chi connectivity index (χ3v) is 2.24. The molecule has 0 aromatic heterocycles. The second kappa shape index (κ2) is 3.73. The van der Waals surface area contributed by atoms with Crippen LogP contribution in [0.2, 0.25) is 0 Å². The Balaban J connectivity index is 3.17. The van der Waals surface area contributed by atoms with Gasteiger partial charge in [-0.25, -0.2) is 0 Å². The zero-order chi connectivity index (χ0) is 11.8. The zero-order valence-corrected chi connectivity index (χ0v) is 8.39. The highest BCUT2D eigenvalue weighted by Crippen LogP contribution is 2.34. The van der Waals surface area contributed by atoms with Gasteiger partial charge in [-0.3, -0.25) is 0 Å². The second-order valence-corrected chi connectivity index (χ2v) is 3.51. The van der Waals surface area contributed by atoms with Gasteiger partial charge in [-0.15, -0.1) is 0 Å². The maximum absolute atomic E-state index is 12.2. The zero-order valence-electron chi connectivity index (χ0n) is 8.39. The van der Waals surface area contributed by atoms with Crippen molar-refractivity contribution in [1.82, 2.24) is 0 Å². The molecule has 1 atom stereocenters. The van der Waals surface area contributed by atoms with Gasteiger partial charge in [-0.2, -0.15) is 13.2 Å². The van der Waals surface area contributed by atoms with E-state index in [9.17, 15) is 13.2 Å². The van der Waals surface area contributed by atoms with E-state index in [4.69, 9.17) is 10.8 Å². The number of alkyl halides is 3. The molecule has 0 bridgehead atoms. The average Bonchev–Trinajstić information content (AvgIpc) is 2.10. The molecule has 2 nitrogen and oxygen atoms in total. The van der Waals surface area contributed by atoms with Crippen LogP contribution >= 0.6 is 0 Å².